The van der Waals surface area contributed by atoms with Crippen LogP contribution >= 0.6 is 11.6 Å². The Morgan fingerprint density at radius 2 is 1.91 bits per heavy atom. The van der Waals surface area contributed by atoms with E-state index in [2.05, 4.69) is 22.7 Å². The van der Waals surface area contributed by atoms with Crippen molar-refractivity contribution >= 4 is 23.2 Å². The summed E-state index contributed by atoms with van der Waals surface area (Å²) >= 11 is 6.29. The first-order chi connectivity index (χ1) is 16.8. The molecular weight excluding hydrogens is 462 g/mol. The number of aliphatic hydroxyl groups is 1. The molecular formula is C28H30ClN3O3. The standard InChI is InChI=1S/C28H30ClN3O3/c1-18(2)35-26-12-11-22(16-24(26)29)28(34)30-23(13-14-33)15-20-7-9-21(10-8-20)25-17-32-19(3)5-4-6-27(32)31-25/h4-12,16-18,23,33H,13-15H2,1-3H3,(H,30,34). The average Bonchev–Trinajstić information content (AvgIpc) is 3.26. The quantitative estimate of drug-likeness (QED) is 0.325. The van der Waals surface area contributed by atoms with Crippen molar-refractivity contribution in [3.05, 3.63) is 88.7 Å². The van der Waals surface area contributed by atoms with Gasteiger partial charge in [0.2, 0.25) is 0 Å². The molecule has 6 nitrogen and oxygen atoms in total. The highest BCUT2D eigenvalue weighted by atomic mass is 35.5. The lowest BCUT2D eigenvalue weighted by atomic mass is 10.0. The normalized spacial score (nSPS) is 12.2. The van der Waals surface area contributed by atoms with Crippen molar-refractivity contribution in [1.29, 1.82) is 0 Å². The number of aliphatic hydroxyl groups excluding tert-OH is 1. The van der Waals surface area contributed by atoms with Crippen LogP contribution in [0.15, 0.2) is 66.9 Å². The van der Waals surface area contributed by atoms with Crippen LogP contribution in [0.1, 0.15) is 41.9 Å². The second-order valence-corrected chi connectivity index (χ2v) is 9.32. The van der Waals surface area contributed by atoms with Gasteiger partial charge in [-0.15, -0.1) is 0 Å². The number of carbonyl (C=O) groups is 1. The molecule has 2 heterocycles. The number of imidazole rings is 1. The summed E-state index contributed by atoms with van der Waals surface area (Å²) in [5.41, 5.74) is 5.49. The number of pyridine rings is 1. The molecule has 1 amide bonds. The Morgan fingerprint density at radius 3 is 2.57 bits per heavy atom. The fourth-order valence-electron chi connectivity index (χ4n) is 4.02. The van der Waals surface area contributed by atoms with Crippen molar-refractivity contribution < 1.29 is 14.6 Å². The Labute approximate surface area is 210 Å². The molecule has 0 fully saturated rings. The van der Waals surface area contributed by atoms with Crippen LogP contribution < -0.4 is 10.1 Å². The smallest absolute Gasteiger partial charge is 0.251 e. The molecule has 0 saturated carbocycles. The van der Waals surface area contributed by atoms with Crippen LogP contribution in [0, 0.1) is 6.92 Å². The van der Waals surface area contributed by atoms with E-state index in [1.54, 1.807) is 18.2 Å². The van der Waals surface area contributed by atoms with Gasteiger partial charge in [0.25, 0.3) is 5.91 Å². The number of hydrogen-bond donors (Lipinski definition) is 2. The minimum Gasteiger partial charge on any atom is -0.489 e. The van der Waals surface area contributed by atoms with Crippen LogP contribution in [0.4, 0.5) is 0 Å². The highest BCUT2D eigenvalue weighted by Crippen LogP contribution is 2.27. The van der Waals surface area contributed by atoms with E-state index < -0.39 is 0 Å². The van der Waals surface area contributed by atoms with Crippen molar-refractivity contribution in [2.75, 3.05) is 6.61 Å². The summed E-state index contributed by atoms with van der Waals surface area (Å²) in [7, 11) is 0. The second kappa shape index (κ2) is 10.9. The van der Waals surface area contributed by atoms with Gasteiger partial charge < -0.3 is 19.6 Å². The molecule has 7 heteroatoms. The van der Waals surface area contributed by atoms with E-state index in [4.69, 9.17) is 21.3 Å². The lowest BCUT2D eigenvalue weighted by molar-refractivity contribution is 0.0930. The third kappa shape index (κ3) is 6.02. The Hall–Kier alpha value is -3.35. The van der Waals surface area contributed by atoms with Gasteiger partial charge >= 0.3 is 0 Å². The molecule has 0 aliphatic rings. The lowest BCUT2D eigenvalue weighted by Gasteiger charge is -2.19. The number of hydrogen-bond acceptors (Lipinski definition) is 4. The van der Waals surface area contributed by atoms with Gasteiger partial charge in [0, 0.05) is 35.7 Å². The summed E-state index contributed by atoms with van der Waals surface area (Å²) in [6, 6.07) is 19.0. The monoisotopic (exact) mass is 491 g/mol. The largest absolute Gasteiger partial charge is 0.489 e. The fourth-order valence-corrected chi connectivity index (χ4v) is 4.25. The number of aromatic nitrogens is 2. The molecule has 4 rings (SSSR count). The first-order valence-electron chi connectivity index (χ1n) is 11.8. The molecule has 2 N–H and O–H groups in total. The van der Waals surface area contributed by atoms with Gasteiger partial charge in [-0.1, -0.05) is 41.9 Å². The number of aryl methyl sites for hydroxylation is 1. The number of nitrogens with zero attached hydrogens (tertiary/aromatic N) is 2. The molecule has 0 saturated heterocycles. The summed E-state index contributed by atoms with van der Waals surface area (Å²) in [6.07, 6.45) is 3.07. The average molecular weight is 492 g/mol. The summed E-state index contributed by atoms with van der Waals surface area (Å²) in [5, 5.41) is 13.0. The number of rotatable bonds is 9. The van der Waals surface area contributed by atoms with E-state index in [0.717, 1.165) is 28.2 Å². The van der Waals surface area contributed by atoms with E-state index in [1.807, 2.05) is 56.4 Å². The number of fused-ring (bicyclic) bond motifs is 1. The van der Waals surface area contributed by atoms with Crippen molar-refractivity contribution in [2.24, 2.45) is 0 Å². The fraction of sp³-hybridized carbons (Fsp3) is 0.286. The SMILES string of the molecule is Cc1cccc2nc(-c3ccc(CC(CCO)NC(=O)c4ccc(OC(C)C)c(Cl)c4)cc3)cn12. The third-order valence-electron chi connectivity index (χ3n) is 5.80. The van der Waals surface area contributed by atoms with E-state index >= 15 is 0 Å². The van der Waals surface area contributed by atoms with E-state index in [-0.39, 0.29) is 24.7 Å². The minimum atomic E-state index is -0.238. The number of carbonyl (C=O) groups excluding carboxylic acids is 1. The van der Waals surface area contributed by atoms with Crippen molar-refractivity contribution in [1.82, 2.24) is 14.7 Å². The summed E-state index contributed by atoms with van der Waals surface area (Å²) in [6.45, 7) is 5.87. The molecule has 0 aliphatic carbocycles. The molecule has 4 aromatic rings. The van der Waals surface area contributed by atoms with Gasteiger partial charge in [-0.2, -0.15) is 0 Å². The Balaban J connectivity index is 1.44. The zero-order valence-corrected chi connectivity index (χ0v) is 20.9. The zero-order valence-electron chi connectivity index (χ0n) is 20.2. The molecule has 1 atom stereocenters. The van der Waals surface area contributed by atoms with Crippen LogP contribution in [-0.4, -0.2) is 39.2 Å². The molecule has 182 valence electrons. The number of halogens is 1. The van der Waals surface area contributed by atoms with Crippen LogP contribution in [0.3, 0.4) is 0 Å². The van der Waals surface area contributed by atoms with Gasteiger partial charge in [0.15, 0.2) is 0 Å². The number of amides is 1. The van der Waals surface area contributed by atoms with E-state index in [0.29, 0.717) is 29.2 Å². The highest BCUT2D eigenvalue weighted by Gasteiger charge is 2.16. The summed E-state index contributed by atoms with van der Waals surface area (Å²) < 4.78 is 7.71. The maximum absolute atomic E-state index is 12.9. The van der Waals surface area contributed by atoms with Gasteiger partial charge in [0.1, 0.15) is 11.4 Å². The Morgan fingerprint density at radius 1 is 1.14 bits per heavy atom. The topological polar surface area (TPSA) is 75.9 Å². The van der Waals surface area contributed by atoms with Crippen LogP contribution in [0.2, 0.25) is 5.02 Å². The van der Waals surface area contributed by atoms with Crippen LogP contribution in [0.25, 0.3) is 16.9 Å². The first kappa shape index (κ1) is 24.8. The molecule has 0 radical (unpaired) electrons. The highest BCUT2D eigenvalue weighted by molar-refractivity contribution is 6.32. The Kier molecular flexibility index (Phi) is 7.73. The van der Waals surface area contributed by atoms with E-state index in [1.165, 1.54) is 0 Å². The summed E-state index contributed by atoms with van der Waals surface area (Å²) in [5.74, 6) is 0.309. The minimum absolute atomic E-state index is 0.00989. The second-order valence-electron chi connectivity index (χ2n) is 8.92. The molecule has 1 unspecified atom stereocenters. The molecule has 2 aromatic heterocycles. The predicted octanol–water partition coefficient (Wildman–Crippen LogP) is 5.47. The molecule has 35 heavy (non-hydrogen) atoms. The van der Waals surface area contributed by atoms with Crippen molar-refractivity contribution in [3.63, 3.8) is 0 Å². The van der Waals surface area contributed by atoms with Crippen LogP contribution in [-0.2, 0) is 6.42 Å². The lowest BCUT2D eigenvalue weighted by Crippen LogP contribution is -2.37. The molecule has 0 bridgehead atoms. The van der Waals surface area contributed by atoms with Gasteiger partial charge in [-0.25, -0.2) is 4.98 Å². The number of benzene rings is 2. The zero-order chi connectivity index (χ0) is 24.9. The number of nitrogens with one attached hydrogen (secondary N) is 1. The molecule has 0 aliphatic heterocycles. The first-order valence-corrected chi connectivity index (χ1v) is 12.1. The van der Waals surface area contributed by atoms with Gasteiger partial charge in [-0.05, 0) is 69.5 Å². The number of ether oxygens (including phenoxy) is 1. The van der Waals surface area contributed by atoms with E-state index in [9.17, 15) is 9.90 Å². The van der Waals surface area contributed by atoms with Gasteiger partial charge in [-0.3, -0.25) is 4.79 Å². The summed E-state index contributed by atoms with van der Waals surface area (Å²) in [4.78, 5) is 17.6. The molecule has 0 spiro atoms. The van der Waals surface area contributed by atoms with Crippen molar-refractivity contribution in [3.8, 4) is 17.0 Å². The maximum atomic E-state index is 12.9. The maximum Gasteiger partial charge on any atom is 0.251 e. The predicted molar refractivity (Wildman–Crippen MR) is 139 cm³/mol. The third-order valence-corrected chi connectivity index (χ3v) is 6.09. The van der Waals surface area contributed by atoms with Gasteiger partial charge in [0.05, 0.1) is 16.8 Å². The molecule has 2 aromatic carbocycles. The van der Waals surface area contributed by atoms with Crippen molar-refractivity contribution in [2.45, 2.75) is 45.8 Å². The Bertz CT molecular complexity index is 1320. The van der Waals surface area contributed by atoms with Crippen LogP contribution in [0.5, 0.6) is 5.75 Å².